The van der Waals surface area contributed by atoms with E-state index in [4.69, 9.17) is 4.74 Å². The molecule has 0 bridgehead atoms. The van der Waals surface area contributed by atoms with E-state index in [9.17, 15) is 4.79 Å². The average molecular weight is 242 g/mol. The highest BCUT2D eigenvalue weighted by atomic mass is 16.6. The van der Waals surface area contributed by atoms with Gasteiger partial charge in [0.25, 0.3) is 0 Å². The van der Waals surface area contributed by atoms with Crippen molar-refractivity contribution >= 4 is 5.97 Å². The predicted octanol–water partition coefficient (Wildman–Crippen LogP) is 1.40. The van der Waals surface area contributed by atoms with E-state index in [-0.39, 0.29) is 11.6 Å². The number of ether oxygens (including phenoxy) is 1. The van der Waals surface area contributed by atoms with E-state index in [2.05, 4.69) is 17.3 Å². The number of rotatable bonds is 3. The van der Waals surface area contributed by atoms with Crippen LogP contribution in [-0.2, 0) is 9.53 Å². The molecule has 0 amide bonds. The van der Waals surface area contributed by atoms with Crippen molar-refractivity contribution in [3.63, 3.8) is 0 Å². The van der Waals surface area contributed by atoms with E-state index in [1.54, 1.807) is 0 Å². The molecular formula is C13H26N2O2. The van der Waals surface area contributed by atoms with Gasteiger partial charge in [-0.2, -0.15) is 0 Å². The molecule has 4 nitrogen and oxygen atoms in total. The smallest absolute Gasteiger partial charge is 0.320 e. The lowest BCUT2D eigenvalue weighted by atomic mass is 10.1. The Morgan fingerprint density at radius 3 is 2.71 bits per heavy atom. The van der Waals surface area contributed by atoms with Crippen molar-refractivity contribution in [1.82, 2.24) is 10.2 Å². The minimum absolute atomic E-state index is 0.157. The maximum absolute atomic E-state index is 11.6. The standard InChI is InChI=1S/C13H26N2O2/c1-13(2,3)17-12(16)10-14-11-6-5-8-15(4)9-7-11/h11,14H,5-10H2,1-4H3. The summed E-state index contributed by atoms with van der Waals surface area (Å²) >= 11 is 0. The van der Waals surface area contributed by atoms with Gasteiger partial charge in [-0.25, -0.2) is 0 Å². The maximum Gasteiger partial charge on any atom is 0.320 e. The molecule has 1 aliphatic rings. The van der Waals surface area contributed by atoms with Crippen LogP contribution < -0.4 is 5.32 Å². The van der Waals surface area contributed by atoms with Gasteiger partial charge in [0.05, 0.1) is 6.54 Å². The van der Waals surface area contributed by atoms with Crippen molar-refractivity contribution in [2.45, 2.75) is 51.7 Å². The Kier molecular flexibility index (Phi) is 5.40. The third kappa shape index (κ3) is 6.64. The first-order valence-electron chi connectivity index (χ1n) is 6.50. The minimum Gasteiger partial charge on any atom is -0.459 e. The maximum atomic E-state index is 11.6. The molecule has 1 unspecified atom stereocenters. The summed E-state index contributed by atoms with van der Waals surface area (Å²) in [5.74, 6) is -0.157. The van der Waals surface area contributed by atoms with Crippen LogP contribution in [0.1, 0.15) is 40.0 Å². The highest BCUT2D eigenvalue weighted by Gasteiger charge is 2.18. The largest absolute Gasteiger partial charge is 0.459 e. The normalized spacial score (nSPS) is 23.2. The summed E-state index contributed by atoms with van der Waals surface area (Å²) in [5.41, 5.74) is -0.386. The van der Waals surface area contributed by atoms with E-state index in [1.807, 2.05) is 20.8 Å². The molecule has 0 aromatic carbocycles. The number of nitrogens with zero attached hydrogens (tertiary/aromatic N) is 1. The fraction of sp³-hybridized carbons (Fsp3) is 0.923. The summed E-state index contributed by atoms with van der Waals surface area (Å²) in [6, 6.07) is 0.451. The quantitative estimate of drug-likeness (QED) is 0.760. The predicted molar refractivity (Wildman–Crippen MR) is 69.0 cm³/mol. The Hall–Kier alpha value is -0.610. The molecule has 1 saturated heterocycles. The fourth-order valence-corrected chi connectivity index (χ4v) is 2.05. The van der Waals surface area contributed by atoms with Gasteiger partial charge in [0.1, 0.15) is 5.60 Å². The molecule has 0 spiro atoms. The molecule has 1 aliphatic heterocycles. The molecular weight excluding hydrogens is 216 g/mol. The zero-order chi connectivity index (χ0) is 12.9. The van der Waals surface area contributed by atoms with Crippen LogP contribution in [0.4, 0.5) is 0 Å². The van der Waals surface area contributed by atoms with Crippen LogP contribution in [0.25, 0.3) is 0 Å². The average Bonchev–Trinajstić information content (AvgIpc) is 2.37. The molecule has 1 N–H and O–H groups in total. The van der Waals surface area contributed by atoms with Crippen LogP contribution in [-0.4, -0.2) is 49.2 Å². The van der Waals surface area contributed by atoms with Gasteiger partial charge < -0.3 is 15.0 Å². The molecule has 17 heavy (non-hydrogen) atoms. The van der Waals surface area contributed by atoms with Gasteiger partial charge in [0.2, 0.25) is 0 Å². The molecule has 0 aliphatic carbocycles. The van der Waals surface area contributed by atoms with E-state index in [0.717, 1.165) is 25.9 Å². The van der Waals surface area contributed by atoms with Crippen molar-refractivity contribution in [1.29, 1.82) is 0 Å². The second-order valence-electron chi connectivity index (χ2n) is 5.90. The SMILES string of the molecule is CN1CCCC(NCC(=O)OC(C)(C)C)CC1. The summed E-state index contributed by atoms with van der Waals surface area (Å²) in [7, 11) is 2.15. The third-order valence-corrected chi connectivity index (χ3v) is 2.91. The van der Waals surface area contributed by atoms with Gasteiger partial charge in [-0.15, -0.1) is 0 Å². The van der Waals surface area contributed by atoms with Crippen molar-refractivity contribution in [2.24, 2.45) is 0 Å². The van der Waals surface area contributed by atoms with Gasteiger partial charge in [-0.1, -0.05) is 0 Å². The van der Waals surface area contributed by atoms with Crippen LogP contribution in [0.15, 0.2) is 0 Å². The topological polar surface area (TPSA) is 41.6 Å². The van der Waals surface area contributed by atoms with Crippen molar-refractivity contribution in [3.8, 4) is 0 Å². The summed E-state index contributed by atoms with van der Waals surface area (Å²) in [6.45, 7) is 8.27. The molecule has 4 heteroatoms. The van der Waals surface area contributed by atoms with Gasteiger partial charge in [-0.3, -0.25) is 4.79 Å². The second kappa shape index (κ2) is 6.36. The molecule has 0 radical (unpaired) electrons. The molecule has 1 fully saturated rings. The molecule has 1 heterocycles. The summed E-state index contributed by atoms with van der Waals surface area (Å²) in [6.07, 6.45) is 3.45. The van der Waals surface area contributed by atoms with Crippen molar-refractivity contribution in [2.75, 3.05) is 26.7 Å². The highest BCUT2D eigenvalue weighted by molar-refractivity contribution is 5.72. The first kappa shape index (κ1) is 14.5. The Balaban J connectivity index is 2.23. The lowest BCUT2D eigenvalue weighted by molar-refractivity contribution is -0.153. The second-order valence-corrected chi connectivity index (χ2v) is 5.90. The Labute approximate surface area is 105 Å². The van der Waals surface area contributed by atoms with Crippen LogP contribution in [0.3, 0.4) is 0 Å². The summed E-state index contributed by atoms with van der Waals surface area (Å²) < 4.78 is 5.27. The first-order valence-corrected chi connectivity index (χ1v) is 6.50. The number of carbonyl (C=O) groups excluding carboxylic acids is 1. The third-order valence-electron chi connectivity index (χ3n) is 2.91. The van der Waals surface area contributed by atoms with Gasteiger partial charge in [-0.05, 0) is 60.2 Å². The van der Waals surface area contributed by atoms with E-state index < -0.39 is 0 Å². The van der Waals surface area contributed by atoms with Gasteiger partial charge >= 0.3 is 5.97 Å². The zero-order valence-electron chi connectivity index (χ0n) is 11.6. The van der Waals surface area contributed by atoms with Crippen LogP contribution >= 0.6 is 0 Å². The van der Waals surface area contributed by atoms with E-state index in [1.165, 1.54) is 6.42 Å². The van der Waals surface area contributed by atoms with Crippen LogP contribution in [0, 0.1) is 0 Å². The molecule has 0 aromatic rings. The Morgan fingerprint density at radius 2 is 2.06 bits per heavy atom. The lowest BCUT2D eigenvalue weighted by Gasteiger charge is -2.21. The molecule has 1 atom stereocenters. The fourth-order valence-electron chi connectivity index (χ4n) is 2.05. The number of likely N-dealkylation sites (tertiary alicyclic amines) is 1. The number of nitrogens with one attached hydrogen (secondary N) is 1. The lowest BCUT2D eigenvalue weighted by Crippen LogP contribution is -2.37. The summed E-state index contributed by atoms with van der Waals surface area (Å²) in [5, 5.41) is 3.30. The van der Waals surface area contributed by atoms with E-state index in [0.29, 0.717) is 12.6 Å². The zero-order valence-corrected chi connectivity index (χ0v) is 11.6. The molecule has 0 aromatic heterocycles. The number of hydrogen-bond acceptors (Lipinski definition) is 4. The molecule has 0 saturated carbocycles. The van der Waals surface area contributed by atoms with Crippen LogP contribution in [0.5, 0.6) is 0 Å². The first-order chi connectivity index (χ1) is 7.87. The number of carbonyl (C=O) groups is 1. The van der Waals surface area contributed by atoms with Gasteiger partial charge in [0.15, 0.2) is 0 Å². The Bertz CT molecular complexity index is 248. The number of hydrogen-bond donors (Lipinski definition) is 1. The van der Waals surface area contributed by atoms with Crippen LogP contribution in [0.2, 0.25) is 0 Å². The van der Waals surface area contributed by atoms with Gasteiger partial charge in [0, 0.05) is 6.04 Å². The summed E-state index contributed by atoms with van der Waals surface area (Å²) in [4.78, 5) is 13.9. The van der Waals surface area contributed by atoms with Crippen molar-refractivity contribution in [3.05, 3.63) is 0 Å². The molecule has 1 rings (SSSR count). The number of esters is 1. The minimum atomic E-state index is -0.386. The van der Waals surface area contributed by atoms with Crippen molar-refractivity contribution < 1.29 is 9.53 Å². The highest BCUT2D eigenvalue weighted by Crippen LogP contribution is 2.10. The Morgan fingerprint density at radius 1 is 1.35 bits per heavy atom. The monoisotopic (exact) mass is 242 g/mol. The van der Waals surface area contributed by atoms with E-state index >= 15 is 0 Å². The molecule has 100 valence electrons.